The smallest absolute Gasteiger partial charge is 0.330 e. The molecule has 0 heterocycles. The number of hydrogen-bond donors (Lipinski definition) is 2. The zero-order chi connectivity index (χ0) is 24.6. The van der Waals surface area contributed by atoms with Crippen molar-refractivity contribution >= 4 is 8.60 Å². The molecule has 2 unspecified atom stereocenters. The number of nitrogens with zero attached hydrogens (tertiary/aromatic N) is 1. The summed E-state index contributed by atoms with van der Waals surface area (Å²) < 4.78 is 11.4. The number of unbranched alkanes of at least 4 members (excludes halogenated alkanes) is 15. The molecule has 2 N–H and O–H groups in total. The van der Waals surface area contributed by atoms with Gasteiger partial charge in [0.15, 0.2) is 0 Å². The first-order chi connectivity index (χ1) is 15.8. The van der Waals surface area contributed by atoms with Crippen LogP contribution in [0, 0.1) is 0 Å². The molecule has 6 heteroatoms. The van der Waals surface area contributed by atoms with E-state index in [4.69, 9.17) is 9.05 Å². The SMILES string of the molecule is CCCCCCCCCCCCCCCCCCC(O)CCCOP(O)OCC[N+](C)(C)C. The highest BCUT2D eigenvalue weighted by Crippen LogP contribution is 2.32. The van der Waals surface area contributed by atoms with Gasteiger partial charge < -0.3 is 23.5 Å². The maximum Gasteiger partial charge on any atom is 0.330 e. The van der Waals surface area contributed by atoms with Gasteiger partial charge in [-0.25, -0.2) is 0 Å². The lowest BCUT2D eigenvalue weighted by Crippen LogP contribution is -2.37. The first-order valence-electron chi connectivity index (χ1n) is 14.1. The van der Waals surface area contributed by atoms with Crippen molar-refractivity contribution in [2.45, 2.75) is 135 Å². The Morgan fingerprint density at radius 1 is 0.606 bits per heavy atom. The number of likely N-dealkylation sites (N-methyl/N-ethyl adjacent to an activating group) is 1. The minimum atomic E-state index is -1.79. The van der Waals surface area contributed by atoms with Crippen LogP contribution < -0.4 is 0 Å². The van der Waals surface area contributed by atoms with Crippen LogP contribution in [0.25, 0.3) is 0 Å². The topological polar surface area (TPSA) is 58.9 Å². The van der Waals surface area contributed by atoms with E-state index in [1.807, 2.05) is 0 Å². The van der Waals surface area contributed by atoms with Gasteiger partial charge in [0.25, 0.3) is 0 Å². The van der Waals surface area contributed by atoms with Crippen LogP contribution in [-0.4, -0.2) is 61.5 Å². The molecule has 0 aromatic heterocycles. The molecule has 0 aliphatic heterocycles. The Labute approximate surface area is 208 Å². The largest absolute Gasteiger partial charge is 0.393 e. The second-order valence-electron chi connectivity index (χ2n) is 10.8. The van der Waals surface area contributed by atoms with Gasteiger partial charge in [0.1, 0.15) is 13.2 Å². The standard InChI is InChI=1S/C27H59NO4P/c1-5-6-7-8-9-10-11-12-13-14-15-16-17-18-19-20-22-27(29)23-21-25-31-33(30)32-26-24-28(2,3)4/h27,29-30H,5-26H2,1-4H3/q+1. The highest BCUT2D eigenvalue weighted by atomic mass is 31.2. The Bertz CT molecular complexity index is 393. The van der Waals surface area contributed by atoms with Gasteiger partial charge in [-0.2, -0.15) is 0 Å². The summed E-state index contributed by atoms with van der Waals surface area (Å²) in [6, 6.07) is 0. The van der Waals surface area contributed by atoms with Crippen LogP contribution in [0.4, 0.5) is 0 Å². The van der Waals surface area contributed by atoms with Gasteiger partial charge in [0, 0.05) is 0 Å². The van der Waals surface area contributed by atoms with Crippen molar-refractivity contribution in [1.29, 1.82) is 0 Å². The van der Waals surface area contributed by atoms with Crippen molar-refractivity contribution < 1.29 is 23.5 Å². The first-order valence-corrected chi connectivity index (χ1v) is 15.2. The third-order valence-corrected chi connectivity index (χ3v) is 7.05. The van der Waals surface area contributed by atoms with Crippen LogP contribution in [0.5, 0.6) is 0 Å². The van der Waals surface area contributed by atoms with E-state index in [1.54, 1.807) is 0 Å². The second kappa shape index (κ2) is 23.9. The van der Waals surface area contributed by atoms with E-state index in [0.717, 1.165) is 36.7 Å². The average Bonchev–Trinajstić information content (AvgIpc) is 2.75. The molecule has 0 radical (unpaired) electrons. The van der Waals surface area contributed by atoms with Crippen LogP contribution >= 0.6 is 8.60 Å². The summed E-state index contributed by atoms with van der Waals surface area (Å²) in [6.07, 6.45) is 24.1. The first kappa shape index (κ1) is 33.2. The fourth-order valence-electron chi connectivity index (χ4n) is 3.96. The van der Waals surface area contributed by atoms with E-state index < -0.39 is 8.60 Å². The summed E-state index contributed by atoms with van der Waals surface area (Å²) in [7, 11) is 4.48. The molecule has 5 nitrogen and oxygen atoms in total. The highest BCUT2D eigenvalue weighted by molar-refractivity contribution is 7.40. The monoisotopic (exact) mass is 492 g/mol. The zero-order valence-electron chi connectivity index (χ0n) is 22.7. The molecule has 0 fully saturated rings. The Balaban J connectivity index is 3.26. The van der Waals surface area contributed by atoms with Gasteiger partial charge in [-0.1, -0.05) is 110 Å². The second-order valence-corrected chi connectivity index (χ2v) is 11.8. The lowest BCUT2D eigenvalue weighted by Gasteiger charge is -2.23. The lowest BCUT2D eigenvalue weighted by molar-refractivity contribution is -0.870. The van der Waals surface area contributed by atoms with E-state index in [-0.39, 0.29) is 6.10 Å². The third kappa shape index (κ3) is 28.4. The highest BCUT2D eigenvalue weighted by Gasteiger charge is 2.12. The molecule has 0 rings (SSSR count). The average molecular weight is 493 g/mol. The molecule has 0 aliphatic carbocycles. The third-order valence-electron chi connectivity index (χ3n) is 6.24. The fourth-order valence-corrected chi connectivity index (χ4v) is 4.56. The number of quaternary nitrogens is 1. The Morgan fingerprint density at radius 3 is 1.45 bits per heavy atom. The summed E-state index contributed by atoms with van der Waals surface area (Å²) in [5.74, 6) is 0. The van der Waals surface area contributed by atoms with E-state index in [1.165, 1.54) is 96.3 Å². The quantitative estimate of drug-likeness (QED) is 0.0736. The molecule has 0 aromatic rings. The number of rotatable bonds is 26. The molecule has 0 spiro atoms. The molecule has 2 atom stereocenters. The van der Waals surface area contributed by atoms with E-state index in [2.05, 4.69) is 28.1 Å². The number of aliphatic hydroxyl groups excluding tert-OH is 1. The van der Waals surface area contributed by atoms with Gasteiger partial charge in [-0.3, -0.25) is 0 Å². The van der Waals surface area contributed by atoms with Crippen molar-refractivity contribution in [3.05, 3.63) is 0 Å². The summed E-state index contributed by atoms with van der Waals surface area (Å²) in [5.41, 5.74) is 0. The molecular formula is C27H59NO4P+. The molecule has 0 saturated carbocycles. The molecule has 200 valence electrons. The number of hydrogen-bond acceptors (Lipinski definition) is 4. The molecule has 0 bridgehead atoms. The van der Waals surface area contributed by atoms with Crippen molar-refractivity contribution in [3.63, 3.8) is 0 Å². The van der Waals surface area contributed by atoms with Gasteiger partial charge in [0.2, 0.25) is 0 Å². The van der Waals surface area contributed by atoms with Crippen LogP contribution in [-0.2, 0) is 9.05 Å². The molecule has 0 aliphatic rings. The summed E-state index contributed by atoms with van der Waals surface area (Å²) in [6.45, 7) is 4.06. The molecule has 0 amide bonds. The van der Waals surface area contributed by atoms with Crippen LogP contribution in [0.2, 0.25) is 0 Å². The van der Waals surface area contributed by atoms with E-state index in [0.29, 0.717) is 13.2 Å². The summed E-state index contributed by atoms with van der Waals surface area (Å²) >= 11 is 0. The van der Waals surface area contributed by atoms with E-state index in [9.17, 15) is 10.00 Å². The Hall–Kier alpha value is 0.230. The maximum atomic E-state index is 10.1. The fraction of sp³-hybridized carbons (Fsp3) is 1.00. The molecule has 0 aromatic carbocycles. The molecular weight excluding hydrogens is 433 g/mol. The number of aliphatic hydroxyl groups is 1. The normalized spacial score (nSPS) is 14.0. The Morgan fingerprint density at radius 2 is 1.00 bits per heavy atom. The molecule has 0 saturated heterocycles. The summed E-state index contributed by atoms with van der Waals surface area (Å²) in [4.78, 5) is 9.72. The lowest BCUT2D eigenvalue weighted by atomic mass is 10.0. The van der Waals surface area contributed by atoms with Gasteiger partial charge >= 0.3 is 8.60 Å². The molecule has 33 heavy (non-hydrogen) atoms. The zero-order valence-corrected chi connectivity index (χ0v) is 23.6. The summed E-state index contributed by atoms with van der Waals surface area (Å²) in [5, 5.41) is 10.1. The minimum Gasteiger partial charge on any atom is -0.393 e. The minimum absolute atomic E-state index is 0.246. The van der Waals surface area contributed by atoms with Gasteiger partial charge in [-0.15, -0.1) is 0 Å². The van der Waals surface area contributed by atoms with Gasteiger partial charge in [0.05, 0.1) is 33.9 Å². The Kier molecular flexibility index (Phi) is 24.1. The predicted octanol–water partition coefficient (Wildman–Crippen LogP) is 7.74. The van der Waals surface area contributed by atoms with Crippen molar-refractivity contribution in [2.75, 3.05) is 40.9 Å². The van der Waals surface area contributed by atoms with Crippen molar-refractivity contribution in [2.24, 2.45) is 0 Å². The maximum absolute atomic E-state index is 10.1. The van der Waals surface area contributed by atoms with Crippen LogP contribution in [0.15, 0.2) is 0 Å². The van der Waals surface area contributed by atoms with Crippen molar-refractivity contribution in [3.8, 4) is 0 Å². The van der Waals surface area contributed by atoms with E-state index >= 15 is 0 Å². The predicted molar refractivity (Wildman–Crippen MR) is 143 cm³/mol. The van der Waals surface area contributed by atoms with Crippen molar-refractivity contribution in [1.82, 2.24) is 0 Å². The van der Waals surface area contributed by atoms with Gasteiger partial charge in [-0.05, 0) is 19.3 Å². The van der Waals surface area contributed by atoms with Crippen LogP contribution in [0.1, 0.15) is 129 Å². The van der Waals surface area contributed by atoms with Crippen LogP contribution in [0.3, 0.4) is 0 Å².